The minimum Gasteiger partial charge on any atom is -0.355 e. The van der Waals surface area contributed by atoms with Crippen LogP contribution in [0.2, 0.25) is 0 Å². The molecule has 0 aliphatic rings. The Morgan fingerprint density at radius 1 is 1.15 bits per heavy atom. The minimum atomic E-state index is -0.131. The van der Waals surface area contributed by atoms with Gasteiger partial charge in [0.1, 0.15) is 5.01 Å². The number of nitrogens with one attached hydrogen (secondary N) is 1. The Labute approximate surface area is 164 Å². The van der Waals surface area contributed by atoms with Gasteiger partial charge >= 0.3 is 0 Å². The summed E-state index contributed by atoms with van der Waals surface area (Å²) in [7, 11) is 0. The number of aryl methyl sites for hydroxylation is 2. The van der Waals surface area contributed by atoms with Crippen molar-refractivity contribution in [3.63, 3.8) is 0 Å². The predicted molar refractivity (Wildman–Crippen MR) is 111 cm³/mol. The lowest BCUT2D eigenvalue weighted by Crippen LogP contribution is -2.15. The monoisotopic (exact) mass is 397 g/mol. The molecule has 1 aromatic carbocycles. The summed E-state index contributed by atoms with van der Waals surface area (Å²) in [6, 6.07) is 11.7. The normalized spacial score (nSPS) is 11.2. The Morgan fingerprint density at radius 2 is 1.96 bits per heavy atom. The van der Waals surface area contributed by atoms with Gasteiger partial charge in [-0.05, 0) is 13.3 Å². The van der Waals surface area contributed by atoms with E-state index in [0.717, 1.165) is 39.7 Å². The molecule has 8 heteroatoms. The molecular formula is C19H19N5OS2. The van der Waals surface area contributed by atoms with Crippen molar-refractivity contribution in [1.82, 2.24) is 19.6 Å². The maximum Gasteiger partial charge on any atom is 0.275 e. The Hall–Kier alpha value is -2.58. The van der Waals surface area contributed by atoms with Crippen LogP contribution in [0.1, 0.15) is 29.6 Å². The number of anilines is 1. The van der Waals surface area contributed by atoms with Crippen LogP contribution in [0.25, 0.3) is 15.5 Å². The molecule has 138 valence electrons. The van der Waals surface area contributed by atoms with Crippen LogP contribution in [-0.4, -0.2) is 19.6 Å². The smallest absolute Gasteiger partial charge is 0.275 e. The maximum atomic E-state index is 12.2. The lowest BCUT2D eigenvalue weighted by molar-refractivity contribution is 0.840. The molecule has 0 saturated heterocycles. The van der Waals surface area contributed by atoms with E-state index < -0.39 is 0 Å². The first-order valence-electron chi connectivity index (χ1n) is 8.79. The largest absolute Gasteiger partial charge is 0.355 e. The van der Waals surface area contributed by atoms with Gasteiger partial charge in [0.25, 0.3) is 5.56 Å². The Kier molecular flexibility index (Phi) is 5.00. The van der Waals surface area contributed by atoms with Crippen LogP contribution >= 0.6 is 22.7 Å². The van der Waals surface area contributed by atoms with Crippen molar-refractivity contribution in [2.24, 2.45) is 0 Å². The van der Waals surface area contributed by atoms with Crippen LogP contribution in [-0.2, 0) is 13.0 Å². The van der Waals surface area contributed by atoms with Crippen LogP contribution in [0.3, 0.4) is 0 Å². The van der Waals surface area contributed by atoms with Crippen LogP contribution in [0, 0.1) is 6.92 Å². The fourth-order valence-electron chi connectivity index (χ4n) is 2.76. The third-order valence-corrected chi connectivity index (χ3v) is 6.19. The summed E-state index contributed by atoms with van der Waals surface area (Å²) in [4.78, 5) is 23.2. The zero-order chi connectivity index (χ0) is 18.8. The van der Waals surface area contributed by atoms with Gasteiger partial charge < -0.3 is 5.32 Å². The van der Waals surface area contributed by atoms with Gasteiger partial charge in [-0.3, -0.25) is 4.79 Å². The summed E-state index contributed by atoms with van der Waals surface area (Å²) < 4.78 is 1.36. The van der Waals surface area contributed by atoms with Gasteiger partial charge in [-0.25, -0.2) is 9.97 Å². The third kappa shape index (κ3) is 3.77. The van der Waals surface area contributed by atoms with E-state index in [1.54, 1.807) is 17.4 Å². The molecule has 27 heavy (non-hydrogen) atoms. The van der Waals surface area contributed by atoms with Crippen LogP contribution in [0.15, 0.2) is 41.2 Å². The quantitative estimate of drug-likeness (QED) is 0.529. The zero-order valence-electron chi connectivity index (χ0n) is 15.1. The fourth-order valence-corrected chi connectivity index (χ4v) is 4.59. The second kappa shape index (κ2) is 7.58. The first kappa shape index (κ1) is 17.8. The van der Waals surface area contributed by atoms with Gasteiger partial charge in [0.2, 0.25) is 10.1 Å². The van der Waals surface area contributed by atoms with Crippen molar-refractivity contribution in [2.75, 3.05) is 5.32 Å². The first-order valence-corrected chi connectivity index (χ1v) is 10.4. The van der Waals surface area contributed by atoms with E-state index in [1.807, 2.05) is 25.1 Å². The van der Waals surface area contributed by atoms with E-state index in [9.17, 15) is 4.79 Å². The van der Waals surface area contributed by atoms with Crippen LogP contribution in [0.5, 0.6) is 0 Å². The van der Waals surface area contributed by atoms with Crippen molar-refractivity contribution in [1.29, 1.82) is 0 Å². The summed E-state index contributed by atoms with van der Waals surface area (Å²) in [5.41, 5.74) is 2.82. The van der Waals surface area contributed by atoms with Crippen molar-refractivity contribution >= 4 is 32.8 Å². The molecule has 4 aromatic rings. The van der Waals surface area contributed by atoms with Gasteiger partial charge in [-0.2, -0.15) is 4.52 Å². The predicted octanol–water partition coefficient (Wildman–Crippen LogP) is 4.15. The molecule has 0 radical (unpaired) electrons. The second-order valence-electron chi connectivity index (χ2n) is 6.18. The van der Waals surface area contributed by atoms with Gasteiger partial charge in [-0.15, -0.1) is 16.4 Å². The molecule has 1 N–H and O–H groups in total. The molecule has 0 spiro atoms. The highest BCUT2D eigenvalue weighted by molar-refractivity contribution is 7.20. The van der Waals surface area contributed by atoms with E-state index in [2.05, 4.69) is 39.4 Å². The van der Waals surface area contributed by atoms with Crippen molar-refractivity contribution in [3.05, 3.63) is 63.0 Å². The number of benzene rings is 1. The zero-order valence-corrected chi connectivity index (χ0v) is 16.7. The second-order valence-corrected chi connectivity index (χ2v) is 8.22. The number of nitrogens with zero attached hydrogens (tertiary/aromatic N) is 4. The fraction of sp³-hybridized carbons (Fsp3) is 0.263. The highest BCUT2D eigenvalue weighted by Crippen LogP contribution is 2.28. The molecule has 3 heterocycles. The molecule has 0 unspecified atom stereocenters. The Balaban J connectivity index is 1.54. The number of aromatic nitrogens is 4. The first-order chi connectivity index (χ1) is 13.1. The van der Waals surface area contributed by atoms with Crippen molar-refractivity contribution in [3.8, 4) is 10.6 Å². The SMILES string of the molecule is CCCc1cc(=O)n2nc(NCc3sc(-c4ccccc4)nc3C)sc2n1. The Bertz CT molecular complexity index is 1130. The highest BCUT2D eigenvalue weighted by atomic mass is 32.1. The lowest BCUT2D eigenvalue weighted by atomic mass is 10.2. The summed E-state index contributed by atoms with van der Waals surface area (Å²) in [5.74, 6) is 0. The number of fused-ring (bicyclic) bond motifs is 1. The maximum absolute atomic E-state index is 12.2. The summed E-state index contributed by atoms with van der Waals surface area (Å²) in [6.07, 6.45) is 1.76. The molecule has 0 bridgehead atoms. The highest BCUT2D eigenvalue weighted by Gasteiger charge is 2.12. The van der Waals surface area contributed by atoms with E-state index in [1.165, 1.54) is 15.9 Å². The molecule has 3 aromatic heterocycles. The van der Waals surface area contributed by atoms with Crippen LogP contribution < -0.4 is 10.9 Å². The molecular weight excluding hydrogens is 378 g/mol. The molecule has 6 nitrogen and oxygen atoms in total. The molecule has 4 rings (SSSR count). The molecule has 0 fully saturated rings. The standard InChI is InChI=1S/C19H19N5OS2/c1-3-7-14-10-16(25)24-19(22-14)27-18(23-24)20-11-15-12(2)21-17(26-15)13-8-5-4-6-9-13/h4-6,8-10H,3,7,11H2,1-2H3,(H,20,23). The van der Waals surface area contributed by atoms with E-state index in [4.69, 9.17) is 0 Å². The molecule has 0 atom stereocenters. The van der Waals surface area contributed by atoms with Crippen LogP contribution in [0.4, 0.5) is 5.13 Å². The summed E-state index contributed by atoms with van der Waals surface area (Å²) in [5, 5.41) is 9.36. The van der Waals surface area contributed by atoms with Gasteiger partial charge in [0, 0.05) is 22.2 Å². The van der Waals surface area contributed by atoms with Gasteiger partial charge in [0.05, 0.1) is 12.2 Å². The van der Waals surface area contributed by atoms with Crippen molar-refractivity contribution in [2.45, 2.75) is 33.2 Å². The lowest BCUT2D eigenvalue weighted by Gasteiger charge is -1.99. The van der Waals surface area contributed by atoms with E-state index >= 15 is 0 Å². The third-order valence-electron chi connectivity index (χ3n) is 4.12. The summed E-state index contributed by atoms with van der Waals surface area (Å²) >= 11 is 3.06. The van der Waals surface area contributed by atoms with E-state index in [0.29, 0.717) is 16.6 Å². The number of hydrogen-bond acceptors (Lipinski definition) is 7. The summed E-state index contributed by atoms with van der Waals surface area (Å²) in [6.45, 7) is 4.71. The topological polar surface area (TPSA) is 72.2 Å². The van der Waals surface area contributed by atoms with Crippen molar-refractivity contribution < 1.29 is 0 Å². The average molecular weight is 398 g/mol. The number of rotatable bonds is 6. The minimum absolute atomic E-state index is 0.131. The van der Waals surface area contributed by atoms with Gasteiger partial charge in [-0.1, -0.05) is 55.0 Å². The molecule has 0 aliphatic heterocycles. The van der Waals surface area contributed by atoms with E-state index in [-0.39, 0.29) is 5.56 Å². The number of hydrogen-bond donors (Lipinski definition) is 1. The average Bonchev–Trinajstić information content (AvgIpc) is 3.24. The Morgan fingerprint density at radius 3 is 2.74 bits per heavy atom. The molecule has 0 amide bonds. The van der Waals surface area contributed by atoms with Gasteiger partial charge in [0.15, 0.2) is 0 Å². The number of thiazole rings is 1. The molecule has 0 aliphatic carbocycles. The molecule has 0 saturated carbocycles.